The van der Waals surface area contributed by atoms with Gasteiger partial charge in [0.25, 0.3) is 5.91 Å². The molecular weight excluding hydrogens is 240 g/mol. The molecule has 1 aliphatic rings. The number of likely N-dealkylation sites (tertiary alicyclic amines) is 1. The lowest BCUT2D eigenvalue weighted by molar-refractivity contribution is 0.0919. The van der Waals surface area contributed by atoms with Gasteiger partial charge in [0.05, 0.1) is 6.26 Å². The van der Waals surface area contributed by atoms with E-state index in [1.54, 1.807) is 12.1 Å². The van der Waals surface area contributed by atoms with Gasteiger partial charge in [-0.05, 0) is 38.1 Å². The lowest BCUT2D eigenvalue weighted by atomic mass is 10.1. The van der Waals surface area contributed by atoms with Gasteiger partial charge in [0.2, 0.25) is 0 Å². The average Bonchev–Trinajstić information content (AvgIpc) is 2.84. The third-order valence-electron chi connectivity index (χ3n) is 2.91. The van der Waals surface area contributed by atoms with Crippen molar-refractivity contribution in [3.05, 3.63) is 24.2 Å². The van der Waals surface area contributed by atoms with E-state index in [-0.39, 0.29) is 18.3 Å². The fraction of sp³-hybridized carbons (Fsp3) is 0.583. The van der Waals surface area contributed by atoms with Crippen LogP contribution in [0.1, 0.15) is 29.8 Å². The third-order valence-corrected chi connectivity index (χ3v) is 2.91. The number of hydrogen-bond acceptors (Lipinski definition) is 3. The summed E-state index contributed by atoms with van der Waals surface area (Å²) in [6.45, 7) is 3.96. The second kappa shape index (κ2) is 7.35. The van der Waals surface area contributed by atoms with Gasteiger partial charge in [-0.1, -0.05) is 6.42 Å². The third kappa shape index (κ3) is 4.40. The molecular formula is C12H19ClN2O2. The van der Waals surface area contributed by atoms with Crippen LogP contribution in [0, 0.1) is 0 Å². The van der Waals surface area contributed by atoms with Crippen LogP contribution in [0.25, 0.3) is 0 Å². The minimum Gasteiger partial charge on any atom is -0.459 e. The summed E-state index contributed by atoms with van der Waals surface area (Å²) >= 11 is 0. The summed E-state index contributed by atoms with van der Waals surface area (Å²) in [5.41, 5.74) is 0. The van der Waals surface area contributed by atoms with Crippen LogP contribution in [-0.2, 0) is 0 Å². The number of piperidine rings is 1. The second-order valence-corrected chi connectivity index (χ2v) is 4.14. The Morgan fingerprint density at radius 3 is 2.76 bits per heavy atom. The molecule has 2 heterocycles. The van der Waals surface area contributed by atoms with Crippen molar-refractivity contribution in [3.63, 3.8) is 0 Å². The largest absolute Gasteiger partial charge is 0.459 e. The molecule has 1 fully saturated rings. The zero-order valence-corrected chi connectivity index (χ0v) is 10.7. The molecule has 0 unspecified atom stereocenters. The Kier molecular flexibility index (Phi) is 6.08. The minimum absolute atomic E-state index is 0. The Morgan fingerprint density at radius 2 is 2.12 bits per heavy atom. The molecule has 0 aromatic carbocycles. The molecule has 1 aromatic heterocycles. The summed E-state index contributed by atoms with van der Waals surface area (Å²) in [5, 5.41) is 2.86. The van der Waals surface area contributed by atoms with Crippen molar-refractivity contribution in [1.29, 1.82) is 0 Å². The summed E-state index contributed by atoms with van der Waals surface area (Å²) in [4.78, 5) is 13.9. The number of amides is 1. The Hall–Kier alpha value is -1.00. The topological polar surface area (TPSA) is 45.5 Å². The van der Waals surface area contributed by atoms with E-state index in [1.165, 1.54) is 25.5 Å². The van der Waals surface area contributed by atoms with Crippen LogP contribution in [0.2, 0.25) is 0 Å². The number of nitrogens with one attached hydrogen (secondary N) is 1. The van der Waals surface area contributed by atoms with E-state index < -0.39 is 0 Å². The predicted molar refractivity (Wildman–Crippen MR) is 68.6 cm³/mol. The van der Waals surface area contributed by atoms with Crippen LogP contribution in [-0.4, -0.2) is 37.0 Å². The van der Waals surface area contributed by atoms with Gasteiger partial charge >= 0.3 is 0 Å². The van der Waals surface area contributed by atoms with Gasteiger partial charge in [0, 0.05) is 13.1 Å². The highest BCUT2D eigenvalue weighted by Gasteiger charge is 2.11. The van der Waals surface area contributed by atoms with Gasteiger partial charge < -0.3 is 14.6 Å². The van der Waals surface area contributed by atoms with Crippen LogP contribution < -0.4 is 5.32 Å². The molecule has 0 radical (unpaired) electrons. The van der Waals surface area contributed by atoms with E-state index in [1.807, 2.05) is 0 Å². The average molecular weight is 259 g/mol. The summed E-state index contributed by atoms with van der Waals surface area (Å²) in [5.74, 6) is 0.264. The summed E-state index contributed by atoms with van der Waals surface area (Å²) in [6, 6.07) is 3.40. The lowest BCUT2D eigenvalue weighted by Crippen LogP contribution is -2.37. The van der Waals surface area contributed by atoms with Gasteiger partial charge in [0.15, 0.2) is 5.76 Å². The quantitative estimate of drug-likeness (QED) is 0.898. The Balaban J connectivity index is 0.00000144. The van der Waals surface area contributed by atoms with Crippen molar-refractivity contribution < 1.29 is 9.21 Å². The monoisotopic (exact) mass is 258 g/mol. The fourth-order valence-electron chi connectivity index (χ4n) is 2.01. The molecule has 1 saturated heterocycles. The summed E-state index contributed by atoms with van der Waals surface area (Å²) in [6.07, 6.45) is 5.42. The first kappa shape index (κ1) is 14.1. The van der Waals surface area contributed by atoms with E-state index >= 15 is 0 Å². The zero-order chi connectivity index (χ0) is 11.2. The Morgan fingerprint density at radius 1 is 1.35 bits per heavy atom. The number of hydrogen-bond donors (Lipinski definition) is 1. The fourth-order valence-corrected chi connectivity index (χ4v) is 2.01. The number of carbonyl (C=O) groups is 1. The van der Waals surface area contributed by atoms with Gasteiger partial charge in [-0.15, -0.1) is 12.4 Å². The summed E-state index contributed by atoms with van der Waals surface area (Å²) in [7, 11) is 0. The standard InChI is InChI=1S/C12H18N2O2.ClH/c15-12(11-5-4-10-16-11)13-6-9-14-7-2-1-3-8-14;/h4-5,10H,1-3,6-9H2,(H,13,15);1H. The first-order chi connectivity index (χ1) is 7.86. The number of carbonyl (C=O) groups excluding carboxylic acids is 1. The molecule has 1 N–H and O–H groups in total. The highest BCUT2D eigenvalue weighted by Crippen LogP contribution is 2.07. The van der Waals surface area contributed by atoms with Crippen molar-refractivity contribution in [2.24, 2.45) is 0 Å². The van der Waals surface area contributed by atoms with Crippen molar-refractivity contribution in [1.82, 2.24) is 10.2 Å². The Labute approximate surface area is 108 Å². The smallest absolute Gasteiger partial charge is 0.287 e. The van der Waals surface area contributed by atoms with E-state index in [2.05, 4.69) is 10.2 Å². The molecule has 96 valence electrons. The van der Waals surface area contributed by atoms with E-state index in [9.17, 15) is 4.79 Å². The minimum atomic E-state index is -0.123. The molecule has 0 atom stereocenters. The first-order valence-electron chi connectivity index (χ1n) is 5.90. The molecule has 2 rings (SSSR count). The zero-order valence-electron chi connectivity index (χ0n) is 9.85. The molecule has 5 heteroatoms. The van der Waals surface area contributed by atoms with Crippen LogP contribution >= 0.6 is 12.4 Å². The van der Waals surface area contributed by atoms with Gasteiger partial charge in [-0.2, -0.15) is 0 Å². The van der Waals surface area contributed by atoms with Crippen LogP contribution in [0.4, 0.5) is 0 Å². The van der Waals surface area contributed by atoms with E-state index in [0.717, 1.165) is 19.6 Å². The van der Waals surface area contributed by atoms with Crippen molar-refractivity contribution in [3.8, 4) is 0 Å². The predicted octanol–water partition coefficient (Wildman–Crippen LogP) is 1.92. The van der Waals surface area contributed by atoms with Crippen LogP contribution in [0.15, 0.2) is 22.8 Å². The van der Waals surface area contributed by atoms with Gasteiger partial charge in [0.1, 0.15) is 0 Å². The van der Waals surface area contributed by atoms with Crippen LogP contribution in [0.5, 0.6) is 0 Å². The molecule has 1 aromatic rings. The SMILES string of the molecule is Cl.O=C(NCCN1CCCCC1)c1ccco1. The number of halogens is 1. The molecule has 0 spiro atoms. The van der Waals surface area contributed by atoms with Gasteiger partial charge in [-0.25, -0.2) is 0 Å². The maximum Gasteiger partial charge on any atom is 0.287 e. The van der Waals surface area contributed by atoms with Crippen LogP contribution in [0.3, 0.4) is 0 Å². The number of furan rings is 1. The highest BCUT2D eigenvalue weighted by molar-refractivity contribution is 5.91. The van der Waals surface area contributed by atoms with E-state index in [0.29, 0.717) is 12.3 Å². The first-order valence-corrected chi connectivity index (χ1v) is 5.90. The molecule has 1 aliphatic heterocycles. The number of nitrogens with zero attached hydrogens (tertiary/aromatic N) is 1. The Bertz CT molecular complexity index is 321. The number of rotatable bonds is 4. The summed E-state index contributed by atoms with van der Waals surface area (Å²) < 4.78 is 5.01. The van der Waals surface area contributed by atoms with E-state index in [4.69, 9.17) is 4.42 Å². The highest BCUT2D eigenvalue weighted by atomic mass is 35.5. The second-order valence-electron chi connectivity index (χ2n) is 4.14. The van der Waals surface area contributed by atoms with Crippen molar-refractivity contribution in [2.45, 2.75) is 19.3 Å². The molecule has 0 aliphatic carbocycles. The molecule has 17 heavy (non-hydrogen) atoms. The van der Waals surface area contributed by atoms with Crippen molar-refractivity contribution in [2.75, 3.05) is 26.2 Å². The normalized spacial score (nSPS) is 16.2. The maximum absolute atomic E-state index is 11.5. The molecule has 4 nitrogen and oxygen atoms in total. The maximum atomic E-state index is 11.5. The lowest BCUT2D eigenvalue weighted by Gasteiger charge is -2.26. The molecule has 0 bridgehead atoms. The van der Waals surface area contributed by atoms with Crippen molar-refractivity contribution >= 4 is 18.3 Å². The molecule has 0 saturated carbocycles. The molecule has 1 amide bonds. The van der Waals surface area contributed by atoms with Gasteiger partial charge in [-0.3, -0.25) is 4.79 Å².